The fourth-order valence-electron chi connectivity index (χ4n) is 1.45. The molecule has 0 fully saturated rings. The molecule has 0 atom stereocenters. The van der Waals surface area contributed by atoms with Crippen molar-refractivity contribution in [2.45, 2.75) is 13.5 Å². The molecule has 2 rings (SSSR count). The van der Waals surface area contributed by atoms with Gasteiger partial charge in [-0.15, -0.1) is 0 Å². The lowest BCUT2D eigenvalue weighted by Gasteiger charge is -2.03. The third-order valence-electron chi connectivity index (χ3n) is 2.44. The van der Waals surface area contributed by atoms with Gasteiger partial charge in [-0.05, 0) is 24.6 Å². The van der Waals surface area contributed by atoms with Crippen molar-refractivity contribution < 1.29 is 18.8 Å². The lowest BCUT2D eigenvalue weighted by atomic mass is 10.1. The zero-order valence-corrected chi connectivity index (χ0v) is 10.3. The van der Waals surface area contributed by atoms with Crippen LogP contribution in [-0.2, 0) is 11.3 Å². The number of hydrogen-bond donors (Lipinski definition) is 1. The zero-order valence-electron chi connectivity index (χ0n) is 10.3. The predicted molar refractivity (Wildman–Crippen MR) is 65.3 cm³/mol. The quantitative estimate of drug-likeness (QED) is 0.839. The van der Waals surface area contributed by atoms with Crippen molar-refractivity contribution in [2.75, 3.05) is 0 Å². The molecule has 1 amide bonds. The van der Waals surface area contributed by atoms with Gasteiger partial charge in [-0.3, -0.25) is 4.79 Å². The van der Waals surface area contributed by atoms with Crippen LogP contribution in [-0.4, -0.2) is 17.0 Å². The second-order valence-electron chi connectivity index (χ2n) is 3.97. The van der Waals surface area contributed by atoms with Crippen molar-refractivity contribution in [2.24, 2.45) is 5.73 Å². The number of aromatic nitrogens is 1. The van der Waals surface area contributed by atoms with Gasteiger partial charge in [0.2, 0.25) is 11.7 Å². The van der Waals surface area contributed by atoms with Gasteiger partial charge in [0.15, 0.2) is 0 Å². The normalized spacial score (nSPS) is 10.2. The molecule has 2 N–H and O–H groups in total. The summed E-state index contributed by atoms with van der Waals surface area (Å²) in [5.74, 6) is -1.02. The van der Waals surface area contributed by atoms with Crippen LogP contribution in [0.3, 0.4) is 0 Å². The molecule has 0 aliphatic rings. The SMILES string of the molecule is Cc1cc(C(=O)OCc2ccc(C(N)=O)cc2)on1. The Hall–Kier alpha value is -2.63. The summed E-state index contributed by atoms with van der Waals surface area (Å²) in [6, 6.07) is 7.98. The van der Waals surface area contributed by atoms with Crippen LogP contribution in [0.15, 0.2) is 34.9 Å². The Balaban J connectivity index is 1.95. The van der Waals surface area contributed by atoms with E-state index in [1.165, 1.54) is 6.07 Å². The molecule has 0 unspecified atom stereocenters. The van der Waals surface area contributed by atoms with E-state index in [0.717, 1.165) is 5.56 Å². The Kier molecular flexibility index (Phi) is 3.61. The second kappa shape index (κ2) is 5.34. The molecule has 6 heteroatoms. The molecule has 98 valence electrons. The number of ether oxygens (including phenoxy) is 1. The molecular weight excluding hydrogens is 248 g/mol. The summed E-state index contributed by atoms with van der Waals surface area (Å²) in [4.78, 5) is 22.5. The van der Waals surface area contributed by atoms with E-state index < -0.39 is 11.9 Å². The molecule has 1 aromatic heterocycles. The van der Waals surface area contributed by atoms with Crippen molar-refractivity contribution in [1.29, 1.82) is 0 Å². The third-order valence-corrected chi connectivity index (χ3v) is 2.44. The minimum atomic E-state index is -0.584. The van der Waals surface area contributed by atoms with Gasteiger partial charge in [-0.1, -0.05) is 17.3 Å². The Morgan fingerprint density at radius 3 is 2.53 bits per heavy atom. The lowest BCUT2D eigenvalue weighted by Crippen LogP contribution is -2.10. The molecule has 0 aliphatic heterocycles. The molecule has 1 aromatic carbocycles. The summed E-state index contributed by atoms with van der Waals surface area (Å²) in [5.41, 5.74) is 6.88. The fraction of sp³-hybridized carbons (Fsp3) is 0.154. The highest BCUT2D eigenvalue weighted by Crippen LogP contribution is 2.09. The number of primary amides is 1. The van der Waals surface area contributed by atoms with Crippen LogP contribution < -0.4 is 5.73 Å². The van der Waals surface area contributed by atoms with E-state index >= 15 is 0 Å². The van der Waals surface area contributed by atoms with Crippen molar-refractivity contribution >= 4 is 11.9 Å². The first-order chi connectivity index (χ1) is 9.06. The van der Waals surface area contributed by atoms with Crippen LogP contribution in [0.4, 0.5) is 0 Å². The van der Waals surface area contributed by atoms with Gasteiger partial charge in [-0.25, -0.2) is 4.79 Å². The Morgan fingerprint density at radius 1 is 1.32 bits per heavy atom. The fourth-order valence-corrected chi connectivity index (χ4v) is 1.45. The van der Waals surface area contributed by atoms with E-state index in [2.05, 4.69) is 5.16 Å². The van der Waals surface area contributed by atoms with E-state index in [0.29, 0.717) is 11.3 Å². The number of aryl methyl sites for hydroxylation is 1. The van der Waals surface area contributed by atoms with Crippen LogP contribution in [0.5, 0.6) is 0 Å². The molecule has 0 saturated heterocycles. The number of carbonyl (C=O) groups excluding carboxylic acids is 2. The second-order valence-corrected chi connectivity index (χ2v) is 3.97. The highest BCUT2D eigenvalue weighted by Gasteiger charge is 2.13. The summed E-state index contributed by atoms with van der Waals surface area (Å²) < 4.78 is 9.82. The van der Waals surface area contributed by atoms with Crippen molar-refractivity contribution in [1.82, 2.24) is 5.16 Å². The number of benzene rings is 1. The minimum Gasteiger partial charge on any atom is -0.455 e. The van der Waals surface area contributed by atoms with Gasteiger partial charge in [0.1, 0.15) is 6.61 Å². The highest BCUT2D eigenvalue weighted by atomic mass is 16.6. The van der Waals surface area contributed by atoms with Crippen LogP contribution in [0, 0.1) is 6.92 Å². The Bertz CT molecular complexity index is 601. The van der Waals surface area contributed by atoms with Gasteiger partial charge in [0.25, 0.3) is 0 Å². The molecule has 0 radical (unpaired) electrons. The average molecular weight is 260 g/mol. The van der Waals surface area contributed by atoms with E-state index in [9.17, 15) is 9.59 Å². The number of rotatable bonds is 4. The van der Waals surface area contributed by atoms with Crippen molar-refractivity contribution in [3.8, 4) is 0 Å². The molecule has 1 heterocycles. The van der Waals surface area contributed by atoms with Gasteiger partial charge in [0.05, 0.1) is 5.69 Å². The topological polar surface area (TPSA) is 95.4 Å². The maximum Gasteiger partial charge on any atom is 0.377 e. The summed E-state index contributed by atoms with van der Waals surface area (Å²) in [7, 11) is 0. The van der Waals surface area contributed by atoms with Crippen molar-refractivity contribution in [3.63, 3.8) is 0 Å². The summed E-state index contributed by atoms with van der Waals surface area (Å²) in [5, 5.41) is 3.60. The number of esters is 1. The number of carbonyl (C=O) groups is 2. The zero-order chi connectivity index (χ0) is 13.8. The maximum atomic E-state index is 11.6. The molecular formula is C13H12N2O4. The molecule has 0 aliphatic carbocycles. The third kappa shape index (κ3) is 3.19. The number of amides is 1. The van der Waals surface area contributed by atoms with E-state index in [-0.39, 0.29) is 12.4 Å². The number of nitrogens with two attached hydrogens (primary N) is 1. The monoisotopic (exact) mass is 260 g/mol. The van der Waals surface area contributed by atoms with Gasteiger partial charge in [-0.2, -0.15) is 0 Å². The highest BCUT2D eigenvalue weighted by molar-refractivity contribution is 5.92. The first-order valence-corrected chi connectivity index (χ1v) is 5.55. The molecule has 0 spiro atoms. The lowest BCUT2D eigenvalue weighted by molar-refractivity contribution is 0.0425. The Labute approximate surface area is 109 Å². The summed E-state index contributed by atoms with van der Waals surface area (Å²) in [6.07, 6.45) is 0. The summed E-state index contributed by atoms with van der Waals surface area (Å²) >= 11 is 0. The molecule has 0 saturated carbocycles. The Morgan fingerprint density at radius 2 is 2.00 bits per heavy atom. The smallest absolute Gasteiger partial charge is 0.377 e. The standard InChI is InChI=1S/C13H12N2O4/c1-8-6-11(19-15-8)13(17)18-7-9-2-4-10(5-3-9)12(14)16/h2-6H,7H2,1H3,(H2,14,16). The number of nitrogens with zero attached hydrogens (tertiary/aromatic N) is 1. The molecule has 19 heavy (non-hydrogen) atoms. The first kappa shape index (κ1) is 12.8. The first-order valence-electron chi connectivity index (χ1n) is 5.55. The van der Waals surface area contributed by atoms with Crippen LogP contribution in [0.2, 0.25) is 0 Å². The molecule has 2 aromatic rings. The van der Waals surface area contributed by atoms with Crippen LogP contribution in [0.1, 0.15) is 32.2 Å². The van der Waals surface area contributed by atoms with Gasteiger partial charge >= 0.3 is 5.97 Å². The van der Waals surface area contributed by atoms with E-state index in [1.54, 1.807) is 31.2 Å². The predicted octanol–water partition coefficient (Wildman–Crippen LogP) is 1.44. The molecule has 6 nitrogen and oxygen atoms in total. The summed E-state index contributed by atoms with van der Waals surface area (Å²) in [6.45, 7) is 1.79. The maximum absolute atomic E-state index is 11.6. The van der Waals surface area contributed by atoms with Gasteiger partial charge < -0.3 is 15.0 Å². The average Bonchev–Trinajstić information content (AvgIpc) is 2.83. The molecule has 0 bridgehead atoms. The van der Waals surface area contributed by atoms with Crippen LogP contribution >= 0.6 is 0 Å². The minimum absolute atomic E-state index is 0.0613. The number of hydrogen-bond acceptors (Lipinski definition) is 5. The van der Waals surface area contributed by atoms with Gasteiger partial charge in [0, 0.05) is 11.6 Å². The van der Waals surface area contributed by atoms with Crippen molar-refractivity contribution in [3.05, 3.63) is 52.9 Å². The van der Waals surface area contributed by atoms with E-state index in [4.69, 9.17) is 15.0 Å². The largest absolute Gasteiger partial charge is 0.455 e. The van der Waals surface area contributed by atoms with Crippen LogP contribution in [0.25, 0.3) is 0 Å². The van der Waals surface area contributed by atoms with E-state index in [1.807, 2.05) is 0 Å².